The standard InChI is InChI=1S/C16H15F3O2/c1-2-12-4-3-5-15(10-12)20-11-13-6-8-14(9-7-13)21-16(17,18)19/h3-10H,2,11H2,1H3. The third-order valence-corrected chi connectivity index (χ3v) is 2.87. The Bertz CT molecular complexity index is 577. The molecule has 0 bridgehead atoms. The minimum absolute atomic E-state index is 0.237. The van der Waals surface area contributed by atoms with Crippen molar-refractivity contribution >= 4 is 0 Å². The second kappa shape index (κ2) is 6.52. The summed E-state index contributed by atoms with van der Waals surface area (Å²) in [6.07, 6.45) is -3.75. The molecule has 0 N–H and O–H groups in total. The lowest BCUT2D eigenvalue weighted by Crippen LogP contribution is -2.17. The molecule has 0 atom stereocenters. The second-order valence-corrected chi connectivity index (χ2v) is 4.48. The van der Waals surface area contributed by atoms with E-state index in [1.807, 2.05) is 24.3 Å². The van der Waals surface area contributed by atoms with Crippen LogP contribution in [0.1, 0.15) is 18.1 Å². The van der Waals surface area contributed by atoms with E-state index in [-0.39, 0.29) is 5.75 Å². The highest BCUT2D eigenvalue weighted by Crippen LogP contribution is 2.23. The van der Waals surface area contributed by atoms with Crippen molar-refractivity contribution in [2.24, 2.45) is 0 Å². The van der Waals surface area contributed by atoms with Crippen LogP contribution >= 0.6 is 0 Å². The summed E-state index contributed by atoms with van der Waals surface area (Å²) in [6, 6.07) is 13.4. The minimum Gasteiger partial charge on any atom is -0.489 e. The number of rotatable bonds is 5. The van der Waals surface area contributed by atoms with Crippen LogP contribution < -0.4 is 9.47 Å². The molecule has 0 amide bonds. The number of halogens is 3. The number of hydrogen-bond donors (Lipinski definition) is 0. The van der Waals surface area contributed by atoms with Gasteiger partial charge in [-0.3, -0.25) is 0 Å². The van der Waals surface area contributed by atoms with Gasteiger partial charge in [0.25, 0.3) is 0 Å². The van der Waals surface area contributed by atoms with Crippen LogP contribution in [0.25, 0.3) is 0 Å². The van der Waals surface area contributed by atoms with Gasteiger partial charge in [-0.2, -0.15) is 0 Å². The van der Waals surface area contributed by atoms with Crippen molar-refractivity contribution in [3.8, 4) is 11.5 Å². The second-order valence-electron chi connectivity index (χ2n) is 4.48. The fraction of sp³-hybridized carbons (Fsp3) is 0.250. The van der Waals surface area contributed by atoms with Gasteiger partial charge < -0.3 is 9.47 Å². The number of aryl methyl sites for hydroxylation is 1. The highest BCUT2D eigenvalue weighted by molar-refractivity contribution is 5.30. The van der Waals surface area contributed by atoms with Gasteiger partial charge in [0.2, 0.25) is 0 Å². The molecular weight excluding hydrogens is 281 g/mol. The van der Waals surface area contributed by atoms with Crippen LogP contribution in [-0.4, -0.2) is 6.36 Å². The Balaban J connectivity index is 1.94. The zero-order valence-electron chi connectivity index (χ0n) is 11.5. The van der Waals surface area contributed by atoms with Gasteiger partial charge in [-0.1, -0.05) is 31.2 Å². The van der Waals surface area contributed by atoms with Crippen molar-refractivity contribution < 1.29 is 22.6 Å². The van der Waals surface area contributed by atoms with E-state index in [0.717, 1.165) is 17.7 Å². The molecule has 0 aliphatic carbocycles. The molecule has 112 valence electrons. The van der Waals surface area contributed by atoms with Gasteiger partial charge in [0.1, 0.15) is 18.1 Å². The van der Waals surface area contributed by atoms with Crippen LogP contribution in [0.5, 0.6) is 11.5 Å². The first-order chi connectivity index (χ1) is 9.96. The highest BCUT2D eigenvalue weighted by atomic mass is 19.4. The largest absolute Gasteiger partial charge is 0.573 e. The Morgan fingerprint density at radius 3 is 2.24 bits per heavy atom. The summed E-state index contributed by atoms with van der Waals surface area (Å²) in [7, 11) is 0. The van der Waals surface area contributed by atoms with Crippen molar-refractivity contribution in [1.29, 1.82) is 0 Å². The maximum absolute atomic E-state index is 12.0. The average Bonchev–Trinajstić information content (AvgIpc) is 2.45. The molecule has 2 aromatic carbocycles. The predicted octanol–water partition coefficient (Wildman–Crippen LogP) is 4.73. The Morgan fingerprint density at radius 2 is 1.62 bits per heavy atom. The fourth-order valence-electron chi connectivity index (χ4n) is 1.81. The lowest BCUT2D eigenvalue weighted by atomic mass is 10.2. The first-order valence-electron chi connectivity index (χ1n) is 6.52. The summed E-state index contributed by atoms with van der Waals surface area (Å²) in [5.74, 6) is 0.504. The lowest BCUT2D eigenvalue weighted by Gasteiger charge is -2.10. The summed E-state index contributed by atoms with van der Waals surface area (Å²) in [5, 5.41) is 0. The lowest BCUT2D eigenvalue weighted by molar-refractivity contribution is -0.274. The first-order valence-corrected chi connectivity index (χ1v) is 6.52. The monoisotopic (exact) mass is 296 g/mol. The van der Waals surface area contributed by atoms with Crippen LogP contribution in [0.3, 0.4) is 0 Å². The fourth-order valence-corrected chi connectivity index (χ4v) is 1.81. The van der Waals surface area contributed by atoms with E-state index in [1.165, 1.54) is 17.7 Å². The molecule has 0 aliphatic rings. The molecule has 0 heterocycles. The van der Waals surface area contributed by atoms with E-state index in [0.29, 0.717) is 6.61 Å². The third kappa shape index (κ3) is 5.02. The molecule has 0 fully saturated rings. The molecule has 0 saturated heterocycles. The quantitative estimate of drug-likeness (QED) is 0.794. The SMILES string of the molecule is CCc1cccc(OCc2ccc(OC(F)(F)F)cc2)c1. The van der Waals surface area contributed by atoms with Crippen LogP contribution in [0.15, 0.2) is 48.5 Å². The van der Waals surface area contributed by atoms with Crippen molar-refractivity contribution in [1.82, 2.24) is 0 Å². The molecule has 21 heavy (non-hydrogen) atoms. The molecule has 2 rings (SSSR count). The van der Waals surface area contributed by atoms with Gasteiger partial charge in [0, 0.05) is 0 Å². The Kier molecular flexibility index (Phi) is 4.73. The van der Waals surface area contributed by atoms with Gasteiger partial charge >= 0.3 is 6.36 Å². The highest BCUT2D eigenvalue weighted by Gasteiger charge is 2.30. The molecule has 0 unspecified atom stereocenters. The summed E-state index contributed by atoms with van der Waals surface area (Å²) < 4.78 is 45.5. The van der Waals surface area contributed by atoms with E-state index < -0.39 is 6.36 Å². The summed E-state index contributed by atoms with van der Waals surface area (Å²) >= 11 is 0. The Hall–Kier alpha value is -2.17. The van der Waals surface area contributed by atoms with E-state index in [2.05, 4.69) is 11.7 Å². The van der Waals surface area contributed by atoms with Gasteiger partial charge in [-0.15, -0.1) is 13.2 Å². The van der Waals surface area contributed by atoms with Gasteiger partial charge in [-0.05, 0) is 41.8 Å². The van der Waals surface area contributed by atoms with Gasteiger partial charge in [0.05, 0.1) is 0 Å². The summed E-state index contributed by atoms with van der Waals surface area (Å²) in [5.41, 5.74) is 1.94. The molecule has 5 heteroatoms. The smallest absolute Gasteiger partial charge is 0.489 e. The van der Waals surface area contributed by atoms with E-state index in [4.69, 9.17) is 4.74 Å². The minimum atomic E-state index is -4.67. The normalized spacial score (nSPS) is 11.2. The number of hydrogen-bond acceptors (Lipinski definition) is 2. The van der Waals surface area contributed by atoms with Crippen LogP contribution in [0.2, 0.25) is 0 Å². The van der Waals surface area contributed by atoms with Crippen molar-refractivity contribution in [3.05, 3.63) is 59.7 Å². The molecule has 0 saturated carbocycles. The van der Waals surface area contributed by atoms with Crippen molar-refractivity contribution in [2.75, 3.05) is 0 Å². The maximum Gasteiger partial charge on any atom is 0.573 e. The zero-order valence-corrected chi connectivity index (χ0v) is 11.5. The van der Waals surface area contributed by atoms with Crippen LogP contribution in [0.4, 0.5) is 13.2 Å². The summed E-state index contributed by atoms with van der Waals surface area (Å²) in [4.78, 5) is 0. The first kappa shape index (κ1) is 15.2. The zero-order chi connectivity index (χ0) is 15.3. The molecule has 0 aromatic heterocycles. The topological polar surface area (TPSA) is 18.5 Å². The maximum atomic E-state index is 12.0. The van der Waals surface area contributed by atoms with Gasteiger partial charge in [0.15, 0.2) is 0 Å². The molecule has 0 aliphatic heterocycles. The molecule has 2 aromatic rings. The third-order valence-electron chi connectivity index (χ3n) is 2.87. The molecule has 2 nitrogen and oxygen atoms in total. The van der Waals surface area contributed by atoms with E-state index in [1.54, 1.807) is 12.1 Å². The molecule has 0 radical (unpaired) electrons. The average molecular weight is 296 g/mol. The summed E-state index contributed by atoms with van der Waals surface area (Å²) in [6.45, 7) is 2.35. The van der Waals surface area contributed by atoms with E-state index >= 15 is 0 Å². The Labute approximate surface area is 121 Å². The number of alkyl halides is 3. The van der Waals surface area contributed by atoms with Gasteiger partial charge in [-0.25, -0.2) is 0 Å². The molecular formula is C16H15F3O2. The van der Waals surface area contributed by atoms with E-state index in [9.17, 15) is 13.2 Å². The van der Waals surface area contributed by atoms with Crippen LogP contribution in [0, 0.1) is 0 Å². The van der Waals surface area contributed by atoms with Crippen molar-refractivity contribution in [2.45, 2.75) is 26.3 Å². The van der Waals surface area contributed by atoms with Crippen LogP contribution in [-0.2, 0) is 13.0 Å². The number of benzene rings is 2. The van der Waals surface area contributed by atoms with Crippen molar-refractivity contribution in [3.63, 3.8) is 0 Å². The Morgan fingerprint density at radius 1 is 0.905 bits per heavy atom. The molecule has 0 spiro atoms. The predicted molar refractivity (Wildman–Crippen MR) is 73.3 cm³/mol. The number of ether oxygens (including phenoxy) is 2.